The molecule has 1 aliphatic heterocycles. The van der Waals surface area contributed by atoms with Crippen LogP contribution in [0.2, 0.25) is 0 Å². The molecule has 0 spiro atoms. The Hall–Kier alpha value is -4.16. The van der Waals surface area contributed by atoms with Crippen LogP contribution in [0.15, 0.2) is 42.5 Å². The number of benzene rings is 2. The normalized spacial score (nSPS) is 19.9. The van der Waals surface area contributed by atoms with Gasteiger partial charge >= 0.3 is 12.2 Å². The highest BCUT2D eigenvalue weighted by atomic mass is 19.4. The number of halogens is 5. The fourth-order valence-electron chi connectivity index (χ4n) is 4.72. The maximum Gasteiger partial charge on any atom is 0.422 e. The Labute approximate surface area is 218 Å². The largest absolute Gasteiger partial charge is 0.497 e. The van der Waals surface area contributed by atoms with Gasteiger partial charge in [0.05, 0.1) is 18.3 Å². The number of amides is 3. The molecule has 0 unspecified atom stereocenters. The van der Waals surface area contributed by atoms with Crippen molar-refractivity contribution in [1.82, 2.24) is 20.9 Å². The van der Waals surface area contributed by atoms with Crippen molar-refractivity contribution in [3.05, 3.63) is 65.4 Å². The highest BCUT2D eigenvalue weighted by Crippen LogP contribution is 2.45. The Morgan fingerprint density at radius 3 is 2.51 bits per heavy atom. The van der Waals surface area contributed by atoms with Gasteiger partial charge in [-0.25, -0.2) is 18.6 Å². The van der Waals surface area contributed by atoms with E-state index >= 15 is 0 Å². The number of hydrogen-bond donors (Lipinski definition) is 3. The van der Waals surface area contributed by atoms with Crippen LogP contribution in [0.1, 0.15) is 30.0 Å². The van der Waals surface area contributed by atoms with Crippen LogP contribution in [0.5, 0.6) is 11.5 Å². The molecule has 1 saturated carbocycles. The Morgan fingerprint density at radius 2 is 1.87 bits per heavy atom. The van der Waals surface area contributed by atoms with E-state index in [0.717, 1.165) is 12.1 Å². The number of nitrogens with one attached hydrogen (secondary N) is 3. The molecule has 2 atom stereocenters. The fourth-order valence-corrected chi connectivity index (χ4v) is 4.72. The van der Waals surface area contributed by atoms with E-state index in [-0.39, 0.29) is 29.1 Å². The molecule has 13 heteroatoms. The Balaban J connectivity index is 1.34. The van der Waals surface area contributed by atoms with Crippen LogP contribution in [-0.2, 0) is 10.3 Å². The van der Waals surface area contributed by atoms with Crippen molar-refractivity contribution >= 4 is 22.8 Å². The van der Waals surface area contributed by atoms with Gasteiger partial charge in [0.2, 0.25) is 5.91 Å². The molecule has 8 nitrogen and oxygen atoms in total. The molecule has 2 aliphatic rings. The Morgan fingerprint density at radius 1 is 1.15 bits per heavy atom. The van der Waals surface area contributed by atoms with Crippen LogP contribution in [0, 0.1) is 11.6 Å². The first kappa shape index (κ1) is 26.4. The van der Waals surface area contributed by atoms with E-state index in [1.165, 1.54) is 13.2 Å². The zero-order chi connectivity index (χ0) is 27.9. The molecule has 0 bridgehead atoms. The number of aromatic nitrogens is 1. The molecule has 1 saturated heterocycles. The number of para-hydroxylation sites is 1. The smallest absolute Gasteiger partial charge is 0.422 e. The summed E-state index contributed by atoms with van der Waals surface area (Å²) < 4.78 is 77.3. The minimum Gasteiger partial charge on any atom is -0.497 e. The maximum absolute atomic E-state index is 14.7. The summed E-state index contributed by atoms with van der Waals surface area (Å²) in [6.45, 7) is -1.58. The van der Waals surface area contributed by atoms with Gasteiger partial charge in [-0.1, -0.05) is 18.2 Å². The van der Waals surface area contributed by atoms with Gasteiger partial charge in [-0.3, -0.25) is 4.79 Å². The molecular weight excluding hydrogens is 527 g/mol. The molecule has 2 fully saturated rings. The number of alkyl halides is 3. The zero-order valence-electron chi connectivity index (χ0n) is 20.5. The number of carbonyl (C=O) groups excluding carboxylic acids is 2. The molecule has 3 N–H and O–H groups in total. The summed E-state index contributed by atoms with van der Waals surface area (Å²) in [5, 5.41) is 8.34. The van der Waals surface area contributed by atoms with Gasteiger partial charge in [-0.15, -0.1) is 0 Å². The third-order valence-electron chi connectivity index (χ3n) is 6.79. The number of rotatable bonds is 7. The first-order valence-electron chi connectivity index (χ1n) is 12.0. The number of ether oxygens (including phenoxy) is 2. The first-order valence-corrected chi connectivity index (χ1v) is 12.0. The van der Waals surface area contributed by atoms with E-state index in [9.17, 15) is 31.5 Å². The number of nitrogens with zero attached hydrogens (tertiary/aromatic N) is 1. The van der Waals surface area contributed by atoms with Crippen LogP contribution in [0.3, 0.4) is 0 Å². The molecule has 2 heterocycles. The molecule has 5 rings (SSSR count). The Kier molecular flexibility index (Phi) is 6.69. The molecule has 39 heavy (non-hydrogen) atoms. The summed E-state index contributed by atoms with van der Waals surface area (Å²) in [5.41, 5.74) is -0.694. The van der Waals surface area contributed by atoms with E-state index in [0.29, 0.717) is 23.9 Å². The van der Waals surface area contributed by atoms with Crippen molar-refractivity contribution in [2.75, 3.05) is 20.3 Å². The van der Waals surface area contributed by atoms with Gasteiger partial charge < -0.3 is 25.4 Å². The van der Waals surface area contributed by atoms with Crippen molar-refractivity contribution in [1.29, 1.82) is 0 Å². The lowest BCUT2D eigenvalue weighted by Crippen LogP contribution is -2.50. The minimum absolute atomic E-state index is 0.0289. The van der Waals surface area contributed by atoms with Crippen LogP contribution in [0.4, 0.5) is 26.7 Å². The van der Waals surface area contributed by atoms with Crippen molar-refractivity contribution in [3.8, 4) is 11.5 Å². The van der Waals surface area contributed by atoms with Crippen LogP contribution in [-0.4, -0.2) is 49.4 Å². The van der Waals surface area contributed by atoms with Gasteiger partial charge in [0, 0.05) is 35.5 Å². The summed E-state index contributed by atoms with van der Waals surface area (Å²) in [5.74, 6) is -3.53. The van der Waals surface area contributed by atoms with Gasteiger partial charge in [0.15, 0.2) is 6.61 Å². The second-order valence-electron chi connectivity index (χ2n) is 9.44. The molecule has 3 amide bonds. The van der Waals surface area contributed by atoms with Crippen molar-refractivity contribution < 1.29 is 41.0 Å². The molecule has 0 radical (unpaired) electrons. The second kappa shape index (κ2) is 9.86. The maximum atomic E-state index is 14.7. The first-order chi connectivity index (χ1) is 18.5. The van der Waals surface area contributed by atoms with Crippen LogP contribution >= 0.6 is 0 Å². The number of hydrogen-bond acceptors (Lipinski definition) is 5. The van der Waals surface area contributed by atoms with Crippen molar-refractivity contribution in [2.45, 2.75) is 36.5 Å². The standard InChI is InChI=1S/C26H23F5N4O4/c1-38-14-9-16(27)20(17(28)10-14)15-11-32-23(36)22(15)34-24(37)35-25(7-8-25)19-6-5-13-3-2-4-18(21(13)33-19)39-12-26(29,30)31/h2-6,9-10,15,22H,7-8,11-12H2,1H3,(H,32,36)(H2,34,35,37)/t15-,22-/m0/s1. The summed E-state index contributed by atoms with van der Waals surface area (Å²) in [6.07, 6.45) is -3.57. The highest BCUT2D eigenvalue weighted by molar-refractivity contribution is 5.90. The average Bonchev–Trinajstić information content (AvgIpc) is 3.58. The quantitative estimate of drug-likeness (QED) is 0.386. The molecule has 1 aromatic heterocycles. The van der Waals surface area contributed by atoms with Gasteiger partial charge in [0.25, 0.3) is 0 Å². The molecule has 206 valence electrons. The summed E-state index contributed by atoms with van der Waals surface area (Å²) in [7, 11) is 1.26. The van der Waals surface area contributed by atoms with E-state index in [1.54, 1.807) is 24.3 Å². The summed E-state index contributed by atoms with van der Waals surface area (Å²) in [4.78, 5) is 29.9. The van der Waals surface area contributed by atoms with Crippen molar-refractivity contribution in [2.24, 2.45) is 0 Å². The number of pyridine rings is 1. The average molecular weight is 550 g/mol. The van der Waals surface area contributed by atoms with Gasteiger partial charge in [-0.2, -0.15) is 13.2 Å². The van der Waals surface area contributed by atoms with Crippen LogP contribution < -0.4 is 25.4 Å². The molecule has 1 aliphatic carbocycles. The van der Waals surface area contributed by atoms with Crippen molar-refractivity contribution in [3.63, 3.8) is 0 Å². The van der Waals surface area contributed by atoms with E-state index in [2.05, 4.69) is 20.9 Å². The lowest BCUT2D eigenvalue weighted by Gasteiger charge is -2.23. The number of urea groups is 1. The fraction of sp³-hybridized carbons (Fsp3) is 0.346. The Bertz CT molecular complexity index is 1420. The monoisotopic (exact) mass is 550 g/mol. The molecule has 2 aromatic carbocycles. The van der Waals surface area contributed by atoms with Gasteiger partial charge in [-0.05, 0) is 25.0 Å². The second-order valence-corrected chi connectivity index (χ2v) is 9.44. The lowest BCUT2D eigenvalue weighted by atomic mass is 9.93. The summed E-state index contributed by atoms with van der Waals surface area (Å²) in [6, 6.07) is 7.87. The minimum atomic E-state index is -4.53. The number of methoxy groups -OCH3 is 1. The lowest BCUT2D eigenvalue weighted by molar-refractivity contribution is -0.153. The molecular formula is C26H23F5N4O4. The zero-order valence-corrected chi connectivity index (χ0v) is 20.5. The molecule has 3 aromatic rings. The topological polar surface area (TPSA) is 102 Å². The van der Waals surface area contributed by atoms with E-state index in [1.807, 2.05) is 0 Å². The third-order valence-corrected chi connectivity index (χ3v) is 6.79. The van der Waals surface area contributed by atoms with Crippen LogP contribution in [0.25, 0.3) is 10.9 Å². The number of carbonyl (C=O) groups is 2. The summed E-state index contributed by atoms with van der Waals surface area (Å²) >= 11 is 0. The third kappa shape index (κ3) is 5.38. The number of fused-ring (bicyclic) bond motifs is 1. The highest BCUT2D eigenvalue weighted by Gasteiger charge is 2.48. The van der Waals surface area contributed by atoms with Gasteiger partial charge in [0.1, 0.15) is 34.7 Å². The van der Waals surface area contributed by atoms with E-state index < -0.39 is 53.9 Å². The predicted molar refractivity (Wildman–Crippen MR) is 128 cm³/mol. The SMILES string of the molecule is COc1cc(F)c([C@@H]2CNC(=O)[C@H]2NC(=O)NC2(c3ccc4cccc(OCC(F)(F)F)c4n3)CC2)c(F)c1. The predicted octanol–water partition coefficient (Wildman–Crippen LogP) is 4.03. The van der Waals surface area contributed by atoms with E-state index in [4.69, 9.17) is 9.47 Å².